The Morgan fingerprint density at radius 2 is 1.47 bits per heavy atom. The number of rotatable bonds is 17. The van der Waals surface area contributed by atoms with Gasteiger partial charge in [-0.1, -0.05) is 108 Å². The zero-order valence-electron chi connectivity index (χ0n) is 21.4. The highest BCUT2D eigenvalue weighted by molar-refractivity contribution is 5.81. The molecule has 2 rings (SSSR count). The number of amides is 2. The van der Waals surface area contributed by atoms with E-state index in [4.69, 9.17) is 9.47 Å². The molecule has 34 heavy (non-hydrogen) atoms. The molecule has 1 aromatic rings. The molecule has 1 fully saturated rings. The third-order valence-electron chi connectivity index (χ3n) is 6.70. The van der Waals surface area contributed by atoms with Gasteiger partial charge >= 0.3 is 6.09 Å². The number of nitrogens with one attached hydrogen (secondary N) is 1. The molecule has 1 aromatic carbocycles. The summed E-state index contributed by atoms with van der Waals surface area (Å²) in [6, 6.07) is 9.59. The highest BCUT2D eigenvalue weighted by Gasteiger charge is 2.40. The Bertz CT molecular complexity index is 682. The molecule has 6 nitrogen and oxygen atoms in total. The van der Waals surface area contributed by atoms with Crippen molar-refractivity contribution in [2.75, 3.05) is 26.7 Å². The van der Waals surface area contributed by atoms with Crippen molar-refractivity contribution in [1.82, 2.24) is 10.2 Å². The van der Waals surface area contributed by atoms with E-state index in [2.05, 4.69) is 12.2 Å². The number of hydrogen-bond acceptors (Lipinski definition) is 4. The topological polar surface area (TPSA) is 67.9 Å². The summed E-state index contributed by atoms with van der Waals surface area (Å²) >= 11 is 0. The molecule has 1 unspecified atom stereocenters. The first-order valence-electron chi connectivity index (χ1n) is 13.4. The number of unbranched alkanes of at least 4 members (excludes halogenated alkanes) is 11. The second-order valence-corrected chi connectivity index (χ2v) is 9.51. The highest BCUT2D eigenvalue weighted by atomic mass is 16.6. The number of carbonyl (C=O) groups is 2. The first-order valence-corrected chi connectivity index (χ1v) is 13.4. The molecule has 6 heteroatoms. The maximum atomic E-state index is 12.7. The predicted octanol–water partition coefficient (Wildman–Crippen LogP) is 6.09. The van der Waals surface area contributed by atoms with Gasteiger partial charge in [-0.2, -0.15) is 0 Å². The summed E-state index contributed by atoms with van der Waals surface area (Å²) in [6.45, 7) is 3.87. The minimum atomic E-state index is -0.401. The summed E-state index contributed by atoms with van der Waals surface area (Å²) < 4.78 is 10.9. The number of nitrogens with zero attached hydrogens (tertiary/aromatic N) is 1. The molecule has 0 aromatic heterocycles. The molecule has 1 aliphatic heterocycles. The first-order chi connectivity index (χ1) is 16.7. The SMILES string of the molecule is CCCCCCCCCCCCCCNC(=O)C1CN(C(=O)OCc2ccccc2)C[C@@H]1OC. The van der Waals surface area contributed by atoms with Gasteiger partial charge in [0.05, 0.1) is 18.6 Å². The summed E-state index contributed by atoms with van der Waals surface area (Å²) in [4.78, 5) is 26.7. The number of benzene rings is 1. The normalized spacial score (nSPS) is 17.6. The number of methoxy groups -OCH3 is 1. The molecule has 2 amide bonds. The summed E-state index contributed by atoms with van der Waals surface area (Å²) in [5.74, 6) is -0.389. The van der Waals surface area contributed by atoms with Crippen molar-refractivity contribution in [2.45, 2.75) is 96.7 Å². The van der Waals surface area contributed by atoms with Crippen LogP contribution in [0.5, 0.6) is 0 Å². The van der Waals surface area contributed by atoms with Crippen LogP contribution in [0.25, 0.3) is 0 Å². The standard InChI is InChI=1S/C28H46N2O4/c1-3-4-5-6-7-8-9-10-11-12-13-17-20-29-27(31)25-21-30(22-26(25)33-2)28(32)34-23-24-18-15-14-16-19-24/h14-16,18-19,25-26H,3-13,17,20-23H2,1-2H3,(H,29,31)/t25?,26-/m0/s1. The second kappa shape index (κ2) is 17.4. The average molecular weight is 475 g/mol. The summed E-state index contributed by atoms with van der Waals surface area (Å²) in [6.07, 6.45) is 14.9. The van der Waals surface area contributed by atoms with Crippen molar-refractivity contribution in [3.63, 3.8) is 0 Å². The van der Waals surface area contributed by atoms with Crippen LogP contribution in [0.3, 0.4) is 0 Å². The molecular formula is C28H46N2O4. The molecule has 0 bridgehead atoms. The van der Waals surface area contributed by atoms with Crippen LogP contribution >= 0.6 is 0 Å². The molecule has 1 aliphatic rings. The molecule has 0 aliphatic carbocycles. The van der Waals surface area contributed by atoms with Crippen LogP contribution in [0, 0.1) is 5.92 Å². The predicted molar refractivity (Wildman–Crippen MR) is 137 cm³/mol. The molecule has 1 N–H and O–H groups in total. The third kappa shape index (κ3) is 10.9. The average Bonchev–Trinajstić information content (AvgIpc) is 3.31. The molecule has 192 valence electrons. The van der Waals surface area contributed by atoms with E-state index in [1.807, 2.05) is 30.3 Å². The zero-order valence-corrected chi connectivity index (χ0v) is 21.4. The molecular weight excluding hydrogens is 428 g/mol. The van der Waals surface area contributed by atoms with Crippen molar-refractivity contribution in [2.24, 2.45) is 5.92 Å². The van der Waals surface area contributed by atoms with Gasteiger partial charge in [0.1, 0.15) is 6.61 Å². The van der Waals surface area contributed by atoms with E-state index >= 15 is 0 Å². The lowest BCUT2D eigenvalue weighted by atomic mass is 10.0. The van der Waals surface area contributed by atoms with Crippen molar-refractivity contribution < 1.29 is 19.1 Å². The van der Waals surface area contributed by atoms with Gasteiger partial charge < -0.3 is 19.7 Å². The minimum absolute atomic E-state index is 0.0340. The van der Waals surface area contributed by atoms with E-state index < -0.39 is 6.09 Å². The van der Waals surface area contributed by atoms with Crippen LogP contribution in [0.4, 0.5) is 4.79 Å². The number of ether oxygens (including phenoxy) is 2. The van der Waals surface area contributed by atoms with Crippen molar-refractivity contribution in [3.8, 4) is 0 Å². The smallest absolute Gasteiger partial charge is 0.410 e. The van der Waals surface area contributed by atoms with Crippen LogP contribution in [0.15, 0.2) is 30.3 Å². The third-order valence-corrected chi connectivity index (χ3v) is 6.70. The van der Waals surface area contributed by atoms with E-state index in [0.717, 1.165) is 18.4 Å². The van der Waals surface area contributed by atoms with Gasteiger partial charge in [0.25, 0.3) is 0 Å². The quantitative estimate of drug-likeness (QED) is 0.278. The number of hydrogen-bond donors (Lipinski definition) is 1. The maximum absolute atomic E-state index is 12.7. The van der Waals surface area contributed by atoms with Gasteiger partial charge in [0.2, 0.25) is 5.91 Å². The lowest BCUT2D eigenvalue weighted by molar-refractivity contribution is -0.127. The van der Waals surface area contributed by atoms with E-state index in [1.54, 1.807) is 12.0 Å². The van der Waals surface area contributed by atoms with Crippen LogP contribution in [-0.2, 0) is 20.9 Å². The maximum Gasteiger partial charge on any atom is 0.410 e. The lowest BCUT2D eigenvalue weighted by Gasteiger charge is -2.16. The minimum Gasteiger partial charge on any atom is -0.445 e. The van der Waals surface area contributed by atoms with Crippen LogP contribution in [-0.4, -0.2) is 49.7 Å². The number of likely N-dealkylation sites (tertiary alicyclic amines) is 1. The summed E-state index contributed by atoms with van der Waals surface area (Å²) in [7, 11) is 1.59. The summed E-state index contributed by atoms with van der Waals surface area (Å²) in [5.41, 5.74) is 0.940. The molecule has 1 heterocycles. The van der Waals surface area contributed by atoms with E-state index in [0.29, 0.717) is 19.6 Å². The highest BCUT2D eigenvalue weighted by Crippen LogP contribution is 2.21. The Morgan fingerprint density at radius 1 is 0.882 bits per heavy atom. The van der Waals surface area contributed by atoms with Crippen molar-refractivity contribution in [3.05, 3.63) is 35.9 Å². The molecule has 0 spiro atoms. The molecule has 0 saturated carbocycles. The first kappa shape index (κ1) is 28.2. The Hall–Kier alpha value is -2.08. The largest absolute Gasteiger partial charge is 0.445 e. The van der Waals surface area contributed by atoms with Gasteiger partial charge in [0, 0.05) is 20.2 Å². The van der Waals surface area contributed by atoms with Gasteiger partial charge in [0.15, 0.2) is 0 Å². The molecule has 0 radical (unpaired) electrons. The second-order valence-electron chi connectivity index (χ2n) is 9.51. The zero-order chi connectivity index (χ0) is 24.4. The number of carbonyl (C=O) groups excluding carboxylic acids is 2. The fourth-order valence-electron chi connectivity index (χ4n) is 4.53. The molecule has 2 atom stereocenters. The van der Waals surface area contributed by atoms with E-state index in [1.165, 1.54) is 64.2 Å². The fraction of sp³-hybridized carbons (Fsp3) is 0.714. The van der Waals surface area contributed by atoms with Gasteiger partial charge in [-0.25, -0.2) is 4.79 Å². The van der Waals surface area contributed by atoms with Gasteiger partial charge in [-0.3, -0.25) is 4.79 Å². The Morgan fingerprint density at radius 3 is 2.06 bits per heavy atom. The van der Waals surface area contributed by atoms with Gasteiger partial charge in [-0.05, 0) is 12.0 Å². The lowest BCUT2D eigenvalue weighted by Crippen LogP contribution is -2.38. The Kier molecular flexibility index (Phi) is 14.4. The van der Waals surface area contributed by atoms with Crippen LogP contribution in [0.2, 0.25) is 0 Å². The van der Waals surface area contributed by atoms with Crippen molar-refractivity contribution in [1.29, 1.82) is 0 Å². The van der Waals surface area contributed by atoms with Crippen LogP contribution in [0.1, 0.15) is 89.5 Å². The van der Waals surface area contributed by atoms with Crippen molar-refractivity contribution >= 4 is 12.0 Å². The van der Waals surface area contributed by atoms with E-state index in [-0.39, 0.29) is 24.5 Å². The molecule has 1 saturated heterocycles. The monoisotopic (exact) mass is 474 g/mol. The van der Waals surface area contributed by atoms with Gasteiger partial charge in [-0.15, -0.1) is 0 Å². The van der Waals surface area contributed by atoms with Crippen LogP contribution < -0.4 is 5.32 Å². The summed E-state index contributed by atoms with van der Waals surface area (Å²) in [5, 5.41) is 3.04. The Labute approximate surface area is 206 Å². The Balaban J connectivity index is 1.53. The van der Waals surface area contributed by atoms with E-state index in [9.17, 15) is 9.59 Å². The fourth-order valence-corrected chi connectivity index (χ4v) is 4.53.